The van der Waals surface area contributed by atoms with Crippen LogP contribution < -0.4 is 5.32 Å². The molecule has 1 aromatic carbocycles. The molecule has 1 fully saturated rings. The average Bonchev–Trinajstić information content (AvgIpc) is 3.04. The normalized spacial score (nSPS) is 15.7. The lowest BCUT2D eigenvalue weighted by molar-refractivity contribution is 0.0699. The summed E-state index contributed by atoms with van der Waals surface area (Å²) in [6.45, 7) is 2.51. The topological polar surface area (TPSA) is 60.2 Å². The highest BCUT2D eigenvalue weighted by molar-refractivity contribution is 5.90. The van der Waals surface area contributed by atoms with E-state index in [9.17, 15) is 4.39 Å². The molecule has 0 unspecified atom stereocenters. The van der Waals surface area contributed by atoms with Gasteiger partial charge in [-0.3, -0.25) is 0 Å². The van der Waals surface area contributed by atoms with Crippen molar-refractivity contribution in [3.8, 4) is 11.3 Å². The highest BCUT2D eigenvalue weighted by Crippen LogP contribution is 2.29. The van der Waals surface area contributed by atoms with Gasteiger partial charge >= 0.3 is 0 Å². The molecule has 24 heavy (non-hydrogen) atoms. The van der Waals surface area contributed by atoms with E-state index >= 15 is 0 Å². The van der Waals surface area contributed by atoms with E-state index in [4.69, 9.17) is 9.26 Å². The van der Waals surface area contributed by atoms with E-state index in [0.717, 1.165) is 38.4 Å². The number of hydrogen-bond donors (Lipinski definition) is 1. The van der Waals surface area contributed by atoms with Crippen LogP contribution in [0.5, 0.6) is 0 Å². The number of nitrogens with one attached hydrogen (secondary N) is 1. The molecule has 1 aliphatic rings. The molecule has 3 heterocycles. The number of ether oxygens (including phenoxy) is 1. The van der Waals surface area contributed by atoms with Gasteiger partial charge < -0.3 is 14.6 Å². The van der Waals surface area contributed by atoms with E-state index in [0.29, 0.717) is 28.3 Å². The first-order valence-electron chi connectivity index (χ1n) is 8.14. The van der Waals surface area contributed by atoms with Crippen molar-refractivity contribution in [3.05, 3.63) is 42.2 Å². The summed E-state index contributed by atoms with van der Waals surface area (Å²) >= 11 is 0. The van der Waals surface area contributed by atoms with Gasteiger partial charge in [0, 0.05) is 25.3 Å². The minimum Gasteiger partial charge on any atom is -0.381 e. The summed E-state index contributed by atoms with van der Waals surface area (Å²) in [6, 6.07) is 10.3. The number of rotatable bonds is 4. The Morgan fingerprint density at radius 3 is 2.79 bits per heavy atom. The van der Waals surface area contributed by atoms with Crippen molar-refractivity contribution in [2.75, 3.05) is 25.1 Å². The molecular formula is C18H18FN3O2. The number of fused-ring (bicyclic) bond motifs is 1. The summed E-state index contributed by atoms with van der Waals surface area (Å²) in [5, 5.41) is 8.04. The summed E-state index contributed by atoms with van der Waals surface area (Å²) in [4.78, 5) is 4.44. The van der Waals surface area contributed by atoms with E-state index in [1.165, 1.54) is 6.07 Å². The van der Waals surface area contributed by atoms with Gasteiger partial charge in [-0.15, -0.1) is 0 Å². The predicted octanol–water partition coefficient (Wildman–Crippen LogP) is 3.87. The Hall–Kier alpha value is -2.47. The Morgan fingerprint density at radius 1 is 1.12 bits per heavy atom. The van der Waals surface area contributed by atoms with Crippen molar-refractivity contribution < 1.29 is 13.7 Å². The van der Waals surface area contributed by atoms with Crippen molar-refractivity contribution in [2.45, 2.75) is 12.8 Å². The molecule has 4 rings (SSSR count). The molecule has 1 aliphatic heterocycles. The zero-order valence-corrected chi connectivity index (χ0v) is 13.2. The van der Waals surface area contributed by atoms with Gasteiger partial charge in [0.25, 0.3) is 5.71 Å². The van der Waals surface area contributed by atoms with Gasteiger partial charge in [-0.2, -0.15) is 4.98 Å². The van der Waals surface area contributed by atoms with Gasteiger partial charge in [0.2, 0.25) is 0 Å². The fourth-order valence-corrected chi connectivity index (χ4v) is 2.97. The number of nitrogens with zero attached hydrogens (tertiary/aromatic N) is 2. The molecular weight excluding hydrogens is 309 g/mol. The zero-order valence-electron chi connectivity index (χ0n) is 13.2. The Kier molecular flexibility index (Phi) is 4.13. The van der Waals surface area contributed by atoms with E-state index < -0.39 is 0 Å². The Labute approximate surface area is 138 Å². The molecule has 2 aromatic heterocycles. The Bertz CT molecular complexity index is 843. The standard InChI is InChI=1S/C18H18FN3O2/c19-15-4-2-1-3-13(15)17-14-5-6-16(21-18(14)24-22-17)20-11-12-7-9-23-10-8-12/h1-6,12H,7-11H2,(H,20,21). The largest absolute Gasteiger partial charge is 0.381 e. The number of aromatic nitrogens is 2. The lowest BCUT2D eigenvalue weighted by Crippen LogP contribution is -2.22. The fraction of sp³-hybridized carbons (Fsp3) is 0.333. The van der Waals surface area contributed by atoms with Crippen LogP contribution in [0.2, 0.25) is 0 Å². The molecule has 0 bridgehead atoms. The lowest BCUT2D eigenvalue weighted by atomic mass is 10.0. The molecule has 0 atom stereocenters. The maximum Gasteiger partial charge on any atom is 0.260 e. The lowest BCUT2D eigenvalue weighted by Gasteiger charge is -2.22. The van der Waals surface area contributed by atoms with E-state index in [1.807, 2.05) is 12.1 Å². The third kappa shape index (κ3) is 2.97. The second-order valence-corrected chi connectivity index (χ2v) is 6.00. The third-order valence-electron chi connectivity index (χ3n) is 4.38. The average molecular weight is 327 g/mol. The second-order valence-electron chi connectivity index (χ2n) is 6.00. The molecule has 1 saturated heterocycles. The van der Waals surface area contributed by atoms with Crippen LogP contribution in [0.25, 0.3) is 22.4 Å². The molecule has 6 heteroatoms. The Balaban J connectivity index is 1.55. The third-order valence-corrected chi connectivity index (χ3v) is 4.38. The van der Waals surface area contributed by atoms with Crippen molar-refractivity contribution in [1.82, 2.24) is 10.1 Å². The van der Waals surface area contributed by atoms with Crippen molar-refractivity contribution in [3.63, 3.8) is 0 Å². The summed E-state index contributed by atoms with van der Waals surface area (Å²) in [5.74, 6) is 1.01. The van der Waals surface area contributed by atoms with E-state index in [-0.39, 0.29) is 5.82 Å². The summed E-state index contributed by atoms with van der Waals surface area (Å²) in [5.41, 5.74) is 1.30. The molecule has 0 spiro atoms. The molecule has 1 N–H and O–H groups in total. The van der Waals surface area contributed by atoms with Crippen LogP contribution in [0.15, 0.2) is 40.9 Å². The molecule has 5 nitrogen and oxygen atoms in total. The van der Waals surface area contributed by atoms with E-state index in [1.54, 1.807) is 18.2 Å². The monoisotopic (exact) mass is 327 g/mol. The smallest absolute Gasteiger partial charge is 0.260 e. The Morgan fingerprint density at radius 2 is 1.96 bits per heavy atom. The van der Waals surface area contributed by atoms with Crippen LogP contribution in [-0.2, 0) is 4.74 Å². The number of pyridine rings is 1. The number of anilines is 1. The quantitative estimate of drug-likeness (QED) is 0.788. The van der Waals surface area contributed by atoms with Crippen molar-refractivity contribution in [2.24, 2.45) is 5.92 Å². The molecule has 0 radical (unpaired) electrons. The first kappa shape index (κ1) is 15.1. The van der Waals surface area contributed by atoms with Crippen LogP contribution in [0.4, 0.5) is 10.2 Å². The SMILES string of the molecule is Fc1ccccc1-c1noc2nc(NCC3CCOCC3)ccc12. The first-order valence-corrected chi connectivity index (χ1v) is 8.14. The van der Waals surface area contributed by atoms with Gasteiger partial charge in [-0.1, -0.05) is 17.3 Å². The maximum atomic E-state index is 14.0. The van der Waals surface area contributed by atoms with Crippen molar-refractivity contribution >= 4 is 16.9 Å². The summed E-state index contributed by atoms with van der Waals surface area (Å²) < 4.78 is 24.6. The fourth-order valence-electron chi connectivity index (χ4n) is 2.97. The minimum atomic E-state index is -0.325. The second kappa shape index (κ2) is 6.57. The number of benzene rings is 1. The maximum absolute atomic E-state index is 14.0. The molecule has 0 saturated carbocycles. The van der Waals surface area contributed by atoms with Crippen LogP contribution in [0, 0.1) is 11.7 Å². The molecule has 0 amide bonds. The number of halogens is 1. The number of hydrogen-bond acceptors (Lipinski definition) is 5. The van der Waals surface area contributed by atoms with Crippen LogP contribution in [-0.4, -0.2) is 29.9 Å². The van der Waals surface area contributed by atoms with Gasteiger partial charge in [0.15, 0.2) is 0 Å². The van der Waals surface area contributed by atoms with Gasteiger partial charge in [-0.05, 0) is 43.0 Å². The van der Waals surface area contributed by atoms with Gasteiger partial charge in [0.1, 0.15) is 17.3 Å². The zero-order chi connectivity index (χ0) is 16.4. The predicted molar refractivity (Wildman–Crippen MR) is 89.2 cm³/mol. The first-order chi connectivity index (χ1) is 11.8. The summed E-state index contributed by atoms with van der Waals surface area (Å²) in [6.07, 6.45) is 2.13. The molecule has 0 aliphatic carbocycles. The highest BCUT2D eigenvalue weighted by atomic mass is 19.1. The molecule has 124 valence electrons. The van der Waals surface area contributed by atoms with Gasteiger partial charge in [0.05, 0.1) is 5.39 Å². The van der Waals surface area contributed by atoms with Crippen molar-refractivity contribution in [1.29, 1.82) is 0 Å². The van der Waals surface area contributed by atoms with Crippen LogP contribution in [0.1, 0.15) is 12.8 Å². The van der Waals surface area contributed by atoms with Gasteiger partial charge in [-0.25, -0.2) is 4.39 Å². The van der Waals surface area contributed by atoms with E-state index in [2.05, 4.69) is 15.5 Å². The highest BCUT2D eigenvalue weighted by Gasteiger charge is 2.16. The summed E-state index contributed by atoms with van der Waals surface area (Å²) in [7, 11) is 0. The van der Waals surface area contributed by atoms with Crippen LogP contribution in [0.3, 0.4) is 0 Å². The van der Waals surface area contributed by atoms with Crippen LogP contribution >= 0.6 is 0 Å². The minimum absolute atomic E-state index is 0.325. The molecule has 3 aromatic rings.